The molecule has 0 bridgehead atoms. The number of amides is 1. The van der Waals surface area contributed by atoms with Crippen molar-refractivity contribution in [1.82, 2.24) is 4.90 Å². The van der Waals surface area contributed by atoms with Gasteiger partial charge < -0.3 is 5.73 Å². The van der Waals surface area contributed by atoms with Crippen LogP contribution in [0.4, 0.5) is 0 Å². The lowest BCUT2D eigenvalue weighted by Crippen LogP contribution is -2.49. The number of benzene rings is 1. The molecule has 1 aromatic carbocycles. The molecule has 1 aliphatic rings. The monoisotopic (exact) mass is 271 g/mol. The zero-order valence-electron chi connectivity index (χ0n) is 12.1. The second-order valence-corrected chi connectivity index (χ2v) is 5.85. The number of carbonyl (C=O) groups excluding carboxylic acids is 1. The minimum absolute atomic E-state index is 0.114. The van der Waals surface area contributed by atoms with E-state index in [1.807, 2.05) is 18.2 Å². The minimum atomic E-state index is -0.992. The Morgan fingerprint density at radius 1 is 1.20 bits per heavy atom. The standard InChI is InChI=1S/C16H21N3O/c1-19(2)16(13-6-4-3-5-7-13)10-8-15(12-17,9-11-16)14(18)20/h3-7H,8-11H2,1-2H3,(H2,18,20). The summed E-state index contributed by atoms with van der Waals surface area (Å²) in [5.41, 5.74) is 5.57. The van der Waals surface area contributed by atoms with Crippen LogP contribution in [0.15, 0.2) is 30.3 Å². The number of carbonyl (C=O) groups is 1. The van der Waals surface area contributed by atoms with Gasteiger partial charge in [-0.1, -0.05) is 30.3 Å². The predicted molar refractivity (Wildman–Crippen MR) is 77.5 cm³/mol. The molecule has 2 rings (SSSR count). The fourth-order valence-corrected chi connectivity index (χ4v) is 3.25. The molecule has 4 heteroatoms. The van der Waals surface area contributed by atoms with Crippen molar-refractivity contribution in [3.8, 4) is 6.07 Å². The van der Waals surface area contributed by atoms with Crippen molar-refractivity contribution < 1.29 is 4.79 Å². The van der Waals surface area contributed by atoms with Crippen LogP contribution >= 0.6 is 0 Å². The normalized spacial score (nSPS) is 29.9. The molecule has 0 unspecified atom stereocenters. The van der Waals surface area contributed by atoms with Gasteiger partial charge in [0.25, 0.3) is 0 Å². The number of rotatable bonds is 3. The molecule has 0 aromatic heterocycles. The Hall–Kier alpha value is -1.86. The summed E-state index contributed by atoms with van der Waals surface area (Å²) in [6.45, 7) is 0. The van der Waals surface area contributed by atoms with Gasteiger partial charge in [0.05, 0.1) is 6.07 Å². The van der Waals surface area contributed by atoms with E-state index in [9.17, 15) is 10.1 Å². The van der Waals surface area contributed by atoms with Gasteiger partial charge in [0.15, 0.2) is 0 Å². The molecular formula is C16H21N3O. The zero-order valence-corrected chi connectivity index (χ0v) is 12.1. The highest BCUT2D eigenvalue weighted by molar-refractivity contribution is 5.83. The maximum absolute atomic E-state index is 11.6. The van der Waals surface area contributed by atoms with E-state index in [0.717, 1.165) is 12.8 Å². The van der Waals surface area contributed by atoms with Crippen molar-refractivity contribution in [2.45, 2.75) is 31.2 Å². The van der Waals surface area contributed by atoms with Crippen molar-refractivity contribution in [1.29, 1.82) is 5.26 Å². The molecule has 2 N–H and O–H groups in total. The van der Waals surface area contributed by atoms with Crippen molar-refractivity contribution >= 4 is 5.91 Å². The number of nitrogens with two attached hydrogens (primary N) is 1. The third-order valence-electron chi connectivity index (χ3n) is 4.78. The van der Waals surface area contributed by atoms with Crippen LogP contribution in [0, 0.1) is 16.7 Å². The van der Waals surface area contributed by atoms with E-state index >= 15 is 0 Å². The average molecular weight is 271 g/mol. The zero-order chi connectivity index (χ0) is 14.8. The van der Waals surface area contributed by atoms with Crippen molar-refractivity contribution in [2.24, 2.45) is 11.1 Å². The van der Waals surface area contributed by atoms with Gasteiger partial charge in [0, 0.05) is 5.54 Å². The quantitative estimate of drug-likeness (QED) is 0.914. The van der Waals surface area contributed by atoms with Gasteiger partial charge in [0.2, 0.25) is 5.91 Å². The van der Waals surface area contributed by atoms with Gasteiger partial charge in [-0.15, -0.1) is 0 Å². The molecule has 0 spiro atoms. The summed E-state index contributed by atoms with van der Waals surface area (Å²) >= 11 is 0. The molecular weight excluding hydrogens is 250 g/mol. The van der Waals surface area contributed by atoms with E-state index in [1.54, 1.807) is 0 Å². The first-order chi connectivity index (χ1) is 9.47. The molecule has 1 aromatic rings. The van der Waals surface area contributed by atoms with E-state index < -0.39 is 11.3 Å². The first-order valence-corrected chi connectivity index (χ1v) is 6.91. The Kier molecular flexibility index (Phi) is 3.82. The third kappa shape index (κ3) is 2.19. The molecule has 1 amide bonds. The van der Waals surface area contributed by atoms with Crippen molar-refractivity contribution in [3.05, 3.63) is 35.9 Å². The predicted octanol–water partition coefficient (Wildman–Crippen LogP) is 2.01. The van der Waals surface area contributed by atoms with Crippen LogP contribution in [0.3, 0.4) is 0 Å². The number of hydrogen-bond donors (Lipinski definition) is 1. The van der Waals surface area contributed by atoms with Crippen molar-refractivity contribution in [2.75, 3.05) is 14.1 Å². The maximum atomic E-state index is 11.6. The number of nitriles is 1. The first kappa shape index (κ1) is 14.5. The van der Waals surface area contributed by atoms with E-state index in [0.29, 0.717) is 12.8 Å². The largest absolute Gasteiger partial charge is 0.368 e. The van der Waals surface area contributed by atoms with Gasteiger partial charge in [-0.2, -0.15) is 5.26 Å². The van der Waals surface area contributed by atoms with Gasteiger partial charge in [-0.05, 0) is 45.3 Å². The van der Waals surface area contributed by atoms with Crippen LogP contribution in [-0.2, 0) is 10.3 Å². The van der Waals surface area contributed by atoms with Crippen LogP contribution in [0.5, 0.6) is 0 Å². The van der Waals surface area contributed by atoms with Crippen LogP contribution in [-0.4, -0.2) is 24.9 Å². The summed E-state index contributed by atoms with van der Waals surface area (Å²) in [7, 11) is 4.10. The topological polar surface area (TPSA) is 70.1 Å². The van der Waals surface area contributed by atoms with Crippen molar-refractivity contribution in [3.63, 3.8) is 0 Å². The lowest BCUT2D eigenvalue weighted by molar-refractivity contribution is -0.127. The molecule has 0 aliphatic heterocycles. The number of primary amides is 1. The summed E-state index contributed by atoms with van der Waals surface area (Å²) < 4.78 is 0. The second kappa shape index (κ2) is 5.26. The summed E-state index contributed by atoms with van der Waals surface area (Å²) in [6, 6.07) is 12.4. The Balaban J connectivity index is 2.33. The fraction of sp³-hybridized carbons (Fsp3) is 0.500. The lowest BCUT2D eigenvalue weighted by atomic mass is 9.65. The van der Waals surface area contributed by atoms with E-state index in [1.165, 1.54) is 5.56 Å². The highest BCUT2D eigenvalue weighted by Gasteiger charge is 2.48. The lowest BCUT2D eigenvalue weighted by Gasteiger charge is -2.47. The first-order valence-electron chi connectivity index (χ1n) is 6.91. The summed E-state index contributed by atoms with van der Waals surface area (Å²) in [5, 5.41) is 9.33. The summed E-state index contributed by atoms with van der Waals surface area (Å²) in [5.74, 6) is -0.486. The smallest absolute Gasteiger partial charge is 0.237 e. The molecule has 1 saturated carbocycles. The van der Waals surface area contributed by atoms with Gasteiger partial charge in [-0.25, -0.2) is 0 Å². The molecule has 106 valence electrons. The number of nitrogens with zero attached hydrogens (tertiary/aromatic N) is 2. The molecule has 0 saturated heterocycles. The third-order valence-corrected chi connectivity index (χ3v) is 4.78. The van der Waals surface area contributed by atoms with E-state index in [2.05, 4.69) is 37.2 Å². The average Bonchev–Trinajstić information content (AvgIpc) is 2.47. The highest BCUT2D eigenvalue weighted by Crippen LogP contribution is 2.47. The van der Waals surface area contributed by atoms with Gasteiger partial charge >= 0.3 is 0 Å². The van der Waals surface area contributed by atoms with E-state index in [4.69, 9.17) is 5.73 Å². The Labute approximate surface area is 120 Å². The van der Waals surface area contributed by atoms with E-state index in [-0.39, 0.29) is 5.54 Å². The minimum Gasteiger partial charge on any atom is -0.368 e. The molecule has 1 fully saturated rings. The Morgan fingerprint density at radius 3 is 2.15 bits per heavy atom. The second-order valence-electron chi connectivity index (χ2n) is 5.85. The molecule has 1 aliphatic carbocycles. The Bertz CT molecular complexity index is 522. The molecule has 4 nitrogen and oxygen atoms in total. The SMILES string of the molecule is CN(C)C1(c2ccccc2)CCC(C#N)(C(N)=O)CC1. The highest BCUT2D eigenvalue weighted by atomic mass is 16.1. The van der Waals surface area contributed by atoms with Crippen LogP contribution in [0.25, 0.3) is 0 Å². The summed E-state index contributed by atoms with van der Waals surface area (Å²) in [6.07, 6.45) is 2.57. The maximum Gasteiger partial charge on any atom is 0.237 e. The molecule has 0 atom stereocenters. The molecule has 0 heterocycles. The van der Waals surface area contributed by atoms with Crippen LogP contribution < -0.4 is 5.73 Å². The number of hydrogen-bond acceptors (Lipinski definition) is 3. The van der Waals surface area contributed by atoms with Crippen LogP contribution in [0.1, 0.15) is 31.2 Å². The van der Waals surface area contributed by atoms with Gasteiger partial charge in [0.1, 0.15) is 5.41 Å². The molecule has 20 heavy (non-hydrogen) atoms. The summed E-state index contributed by atoms with van der Waals surface area (Å²) in [4.78, 5) is 13.8. The molecule has 0 radical (unpaired) electrons. The Morgan fingerprint density at radius 2 is 1.75 bits per heavy atom. The van der Waals surface area contributed by atoms with Crippen LogP contribution in [0.2, 0.25) is 0 Å². The fourth-order valence-electron chi connectivity index (χ4n) is 3.25. The van der Waals surface area contributed by atoms with Gasteiger partial charge in [-0.3, -0.25) is 9.69 Å².